The van der Waals surface area contributed by atoms with Crippen LogP contribution in [0.15, 0.2) is 12.3 Å². The lowest BCUT2D eigenvalue weighted by Crippen LogP contribution is -2.38. The van der Waals surface area contributed by atoms with Crippen molar-refractivity contribution >= 4 is 11.5 Å². The maximum atomic E-state index is 11.7. The molecule has 0 atom stereocenters. The molecular formula is C18H35N3O2. The minimum atomic E-state index is 0.117. The number of Topliss-reactive ketones (excluding diaryl/α,β-unsaturated/α-hetero) is 1. The molecule has 1 saturated heterocycles. The van der Waals surface area contributed by atoms with Gasteiger partial charge in [0.15, 0.2) is 5.78 Å². The molecule has 0 bridgehead atoms. The summed E-state index contributed by atoms with van der Waals surface area (Å²) in [7, 11) is 0. The van der Waals surface area contributed by atoms with Gasteiger partial charge < -0.3 is 14.6 Å². The van der Waals surface area contributed by atoms with Crippen molar-refractivity contribution in [1.82, 2.24) is 9.47 Å². The number of hydrogen-bond acceptors (Lipinski definition) is 4. The first-order valence-electron chi connectivity index (χ1n) is 8.95. The average molecular weight is 325 g/mol. The van der Waals surface area contributed by atoms with Crippen LogP contribution in [0, 0.1) is 0 Å². The van der Waals surface area contributed by atoms with Gasteiger partial charge in [0.05, 0.1) is 24.6 Å². The third kappa shape index (κ3) is 7.66. The molecule has 1 N–H and O–H groups in total. The number of carbonyl (C=O) groups is 1. The largest absolute Gasteiger partial charge is 0.384 e. The lowest BCUT2D eigenvalue weighted by molar-refractivity contribution is 0.0363. The summed E-state index contributed by atoms with van der Waals surface area (Å²) in [5.41, 5.74) is 1.80. The number of morpholine rings is 1. The van der Waals surface area contributed by atoms with Crippen molar-refractivity contribution < 1.29 is 9.53 Å². The molecule has 1 aromatic rings. The van der Waals surface area contributed by atoms with E-state index in [1.165, 1.54) is 0 Å². The fourth-order valence-electron chi connectivity index (χ4n) is 2.37. The number of anilines is 1. The first-order valence-corrected chi connectivity index (χ1v) is 8.95. The number of ether oxygens (including phenoxy) is 1. The third-order valence-electron chi connectivity index (χ3n) is 3.40. The Balaban J connectivity index is 0.00000112. The smallest absolute Gasteiger partial charge is 0.176 e. The molecule has 23 heavy (non-hydrogen) atoms. The zero-order valence-electron chi connectivity index (χ0n) is 15.8. The van der Waals surface area contributed by atoms with Crippen LogP contribution in [0.5, 0.6) is 0 Å². The Kier molecular flexibility index (Phi) is 12.4. The average Bonchev–Trinajstić information content (AvgIpc) is 3.01. The molecule has 0 radical (unpaired) electrons. The monoisotopic (exact) mass is 325 g/mol. The molecule has 134 valence electrons. The highest BCUT2D eigenvalue weighted by atomic mass is 16.5. The van der Waals surface area contributed by atoms with Crippen LogP contribution in [-0.4, -0.2) is 54.6 Å². The van der Waals surface area contributed by atoms with Gasteiger partial charge in [-0.2, -0.15) is 0 Å². The minimum Gasteiger partial charge on any atom is -0.384 e. The maximum Gasteiger partial charge on any atom is 0.176 e. The van der Waals surface area contributed by atoms with Crippen LogP contribution in [0.3, 0.4) is 0 Å². The van der Waals surface area contributed by atoms with Crippen LogP contribution < -0.4 is 5.32 Å². The molecule has 0 spiro atoms. The minimum absolute atomic E-state index is 0.117. The van der Waals surface area contributed by atoms with Gasteiger partial charge in [0.1, 0.15) is 0 Å². The van der Waals surface area contributed by atoms with Gasteiger partial charge in [-0.3, -0.25) is 9.69 Å². The Morgan fingerprint density at radius 3 is 2.30 bits per heavy atom. The van der Waals surface area contributed by atoms with Crippen molar-refractivity contribution in [3.8, 4) is 0 Å². The molecule has 1 aliphatic heterocycles. The summed E-state index contributed by atoms with van der Waals surface area (Å²) in [6, 6.07) is 1.94. The van der Waals surface area contributed by atoms with Crippen molar-refractivity contribution in [2.75, 3.05) is 44.7 Å². The number of nitrogens with zero attached hydrogens (tertiary/aromatic N) is 2. The van der Waals surface area contributed by atoms with E-state index < -0.39 is 0 Å². The number of ketones is 1. The zero-order chi connectivity index (χ0) is 17.7. The Morgan fingerprint density at radius 1 is 1.17 bits per heavy atom. The summed E-state index contributed by atoms with van der Waals surface area (Å²) in [6.07, 6.45) is 2.03. The summed E-state index contributed by atoms with van der Waals surface area (Å²) in [6.45, 7) is 17.9. The molecule has 2 heterocycles. The third-order valence-corrected chi connectivity index (χ3v) is 3.40. The van der Waals surface area contributed by atoms with Gasteiger partial charge in [-0.25, -0.2) is 0 Å². The van der Waals surface area contributed by atoms with Gasteiger partial charge in [0.2, 0.25) is 0 Å². The number of carbonyl (C=O) groups excluding carboxylic acids is 1. The predicted octanol–water partition coefficient (Wildman–Crippen LogP) is 3.51. The van der Waals surface area contributed by atoms with E-state index in [2.05, 4.69) is 21.7 Å². The van der Waals surface area contributed by atoms with Crippen LogP contribution in [-0.2, 0) is 11.3 Å². The van der Waals surface area contributed by atoms with E-state index in [1.807, 2.05) is 40.0 Å². The van der Waals surface area contributed by atoms with Crippen LogP contribution in [0.25, 0.3) is 0 Å². The van der Waals surface area contributed by atoms with E-state index >= 15 is 0 Å². The quantitative estimate of drug-likeness (QED) is 0.813. The first-order chi connectivity index (χ1) is 11.2. The van der Waals surface area contributed by atoms with E-state index in [-0.39, 0.29) is 5.78 Å². The summed E-state index contributed by atoms with van der Waals surface area (Å²) in [5.74, 6) is 0.117. The summed E-state index contributed by atoms with van der Waals surface area (Å²) < 4.78 is 7.39. The van der Waals surface area contributed by atoms with Crippen molar-refractivity contribution in [3.63, 3.8) is 0 Å². The highest BCUT2D eigenvalue weighted by Crippen LogP contribution is 2.15. The van der Waals surface area contributed by atoms with Gasteiger partial charge >= 0.3 is 0 Å². The Labute approximate surface area is 142 Å². The number of hydrogen-bond donors (Lipinski definition) is 1. The molecule has 0 unspecified atom stereocenters. The zero-order valence-corrected chi connectivity index (χ0v) is 15.8. The number of rotatable bonds is 6. The van der Waals surface area contributed by atoms with Gasteiger partial charge in [-0.1, -0.05) is 27.7 Å². The Bertz CT molecular complexity index is 424. The van der Waals surface area contributed by atoms with Crippen molar-refractivity contribution in [2.45, 2.75) is 48.1 Å². The van der Waals surface area contributed by atoms with Crippen LogP contribution in [0.1, 0.15) is 52.0 Å². The molecule has 1 fully saturated rings. The normalized spacial score (nSPS) is 14.2. The van der Waals surface area contributed by atoms with Gasteiger partial charge in [-0.05, 0) is 13.0 Å². The van der Waals surface area contributed by atoms with E-state index in [9.17, 15) is 4.79 Å². The standard InChI is InChI=1S/C14H23N3O2.2C2H6/c1-3-15-13-10-14(12(2)18)17(11-13)5-4-16-6-8-19-9-7-16;2*1-2/h10-11,15H,3-9H2,1-2H3;2*1-2H3. The molecule has 1 aromatic heterocycles. The molecule has 0 aromatic carbocycles. The molecule has 0 aliphatic carbocycles. The van der Waals surface area contributed by atoms with E-state index in [0.717, 1.165) is 57.3 Å². The van der Waals surface area contributed by atoms with Crippen LogP contribution in [0.4, 0.5) is 5.69 Å². The molecule has 1 aliphatic rings. The second kappa shape index (κ2) is 13.1. The summed E-state index contributed by atoms with van der Waals surface area (Å²) in [5, 5.41) is 3.25. The van der Waals surface area contributed by atoms with Gasteiger partial charge in [-0.15, -0.1) is 0 Å². The SMILES string of the molecule is CC.CC.CCNc1cc(C(C)=O)n(CCN2CCOCC2)c1. The van der Waals surface area contributed by atoms with Gasteiger partial charge in [0, 0.05) is 45.8 Å². The Morgan fingerprint density at radius 2 is 1.78 bits per heavy atom. The molecular weight excluding hydrogens is 290 g/mol. The van der Waals surface area contributed by atoms with Gasteiger partial charge in [0.25, 0.3) is 0 Å². The Hall–Kier alpha value is -1.33. The summed E-state index contributed by atoms with van der Waals surface area (Å²) in [4.78, 5) is 14.0. The van der Waals surface area contributed by atoms with Crippen LogP contribution in [0.2, 0.25) is 0 Å². The predicted molar refractivity (Wildman–Crippen MR) is 98.6 cm³/mol. The molecule has 0 amide bonds. The van der Waals surface area contributed by atoms with Crippen molar-refractivity contribution in [1.29, 1.82) is 0 Å². The van der Waals surface area contributed by atoms with E-state index in [0.29, 0.717) is 0 Å². The second-order valence-corrected chi connectivity index (χ2v) is 4.85. The fourth-order valence-corrected chi connectivity index (χ4v) is 2.37. The van der Waals surface area contributed by atoms with Crippen LogP contribution >= 0.6 is 0 Å². The number of aromatic nitrogens is 1. The van der Waals surface area contributed by atoms with E-state index in [4.69, 9.17) is 4.74 Å². The molecule has 2 rings (SSSR count). The van der Waals surface area contributed by atoms with Crippen molar-refractivity contribution in [2.24, 2.45) is 0 Å². The lowest BCUT2D eigenvalue weighted by Gasteiger charge is -2.26. The molecule has 0 saturated carbocycles. The summed E-state index contributed by atoms with van der Waals surface area (Å²) >= 11 is 0. The lowest BCUT2D eigenvalue weighted by atomic mass is 10.3. The van der Waals surface area contributed by atoms with E-state index in [1.54, 1.807) is 6.92 Å². The maximum absolute atomic E-state index is 11.7. The first kappa shape index (κ1) is 21.7. The fraction of sp³-hybridized carbons (Fsp3) is 0.722. The molecule has 5 heteroatoms. The second-order valence-electron chi connectivity index (χ2n) is 4.85. The molecule has 5 nitrogen and oxygen atoms in total. The highest BCUT2D eigenvalue weighted by Gasteiger charge is 2.13. The highest BCUT2D eigenvalue weighted by molar-refractivity contribution is 5.93. The van der Waals surface area contributed by atoms with Crippen molar-refractivity contribution in [3.05, 3.63) is 18.0 Å². The topological polar surface area (TPSA) is 46.5 Å². The number of nitrogens with one attached hydrogen (secondary N) is 1.